The van der Waals surface area contributed by atoms with Crippen molar-refractivity contribution in [3.8, 4) is 22.9 Å². The predicted octanol–water partition coefficient (Wildman–Crippen LogP) is 3.20. The summed E-state index contributed by atoms with van der Waals surface area (Å²) in [6, 6.07) is 10.8. The average Bonchev–Trinajstić information content (AvgIpc) is 3.36. The minimum Gasteiger partial charge on any atom is -0.462 e. The van der Waals surface area contributed by atoms with Crippen LogP contribution in [0.3, 0.4) is 0 Å². The molecule has 0 aliphatic heterocycles. The Morgan fingerprint density at radius 1 is 1.12 bits per heavy atom. The van der Waals surface area contributed by atoms with Crippen LogP contribution in [0.2, 0.25) is 0 Å². The van der Waals surface area contributed by atoms with Gasteiger partial charge in [-0.15, -0.1) is 0 Å². The van der Waals surface area contributed by atoms with Crippen LogP contribution < -0.4 is 11.3 Å². The van der Waals surface area contributed by atoms with Crippen molar-refractivity contribution in [1.29, 1.82) is 0 Å². The van der Waals surface area contributed by atoms with Gasteiger partial charge in [0, 0.05) is 12.7 Å². The van der Waals surface area contributed by atoms with Gasteiger partial charge in [0.15, 0.2) is 11.4 Å². The summed E-state index contributed by atoms with van der Waals surface area (Å²) in [6.07, 6.45) is -3.39. The fraction of sp³-hybridized carbons (Fsp3) is 0.182. The van der Waals surface area contributed by atoms with Crippen molar-refractivity contribution in [2.75, 3.05) is 12.3 Å². The van der Waals surface area contributed by atoms with Gasteiger partial charge >= 0.3 is 12.1 Å². The van der Waals surface area contributed by atoms with Gasteiger partial charge < -0.3 is 10.5 Å². The normalized spacial score (nSPS) is 11.6. The van der Waals surface area contributed by atoms with Crippen LogP contribution in [-0.4, -0.2) is 36.7 Å². The van der Waals surface area contributed by atoms with E-state index in [4.69, 9.17) is 10.5 Å². The standard InChI is InChI=1S/C22H19F3N6O3/c1-3-34-21(33)17-18(19-27-12-28-30(19)15-9-7-14(26)8-10-15)29(2)31(20(17)32)16-6-4-5-13(11-16)22(23,24)25/h4-12H,3,26H2,1-2H3. The molecule has 0 fully saturated rings. The molecule has 12 heteroatoms. The van der Waals surface area contributed by atoms with E-state index in [1.165, 1.54) is 34.9 Å². The van der Waals surface area contributed by atoms with E-state index in [0.717, 1.165) is 16.8 Å². The van der Waals surface area contributed by atoms with E-state index in [1.807, 2.05) is 0 Å². The molecule has 0 unspecified atom stereocenters. The van der Waals surface area contributed by atoms with Crippen LogP contribution in [0.25, 0.3) is 22.9 Å². The maximum Gasteiger partial charge on any atom is 0.416 e. The van der Waals surface area contributed by atoms with Gasteiger partial charge in [0.25, 0.3) is 5.56 Å². The van der Waals surface area contributed by atoms with Crippen molar-refractivity contribution >= 4 is 11.7 Å². The fourth-order valence-electron chi connectivity index (χ4n) is 3.56. The van der Waals surface area contributed by atoms with Crippen LogP contribution in [0.5, 0.6) is 0 Å². The van der Waals surface area contributed by atoms with E-state index in [1.54, 1.807) is 31.2 Å². The quantitative estimate of drug-likeness (QED) is 0.353. The summed E-state index contributed by atoms with van der Waals surface area (Å²) in [5.74, 6) is -0.825. The number of halogens is 3. The zero-order valence-corrected chi connectivity index (χ0v) is 18.1. The smallest absolute Gasteiger partial charge is 0.416 e. The van der Waals surface area contributed by atoms with Gasteiger partial charge in [-0.05, 0) is 49.4 Å². The molecule has 0 saturated carbocycles. The maximum atomic E-state index is 13.4. The topological polar surface area (TPSA) is 110 Å². The summed E-state index contributed by atoms with van der Waals surface area (Å²) in [5, 5.41) is 4.18. The second-order valence-corrected chi connectivity index (χ2v) is 7.22. The van der Waals surface area contributed by atoms with Gasteiger partial charge in [-0.1, -0.05) is 6.07 Å². The number of nitrogens with two attached hydrogens (primary N) is 1. The van der Waals surface area contributed by atoms with Crippen molar-refractivity contribution in [3.63, 3.8) is 0 Å². The number of hydrogen-bond donors (Lipinski definition) is 1. The molecule has 34 heavy (non-hydrogen) atoms. The van der Waals surface area contributed by atoms with Crippen LogP contribution in [0, 0.1) is 0 Å². The fourth-order valence-corrected chi connectivity index (χ4v) is 3.56. The molecule has 2 aromatic heterocycles. The Balaban J connectivity index is 1.99. The molecule has 0 spiro atoms. The van der Waals surface area contributed by atoms with Crippen LogP contribution in [0.4, 0.5) is 18.9 Å². The molecule has 9 nitrogen and oxygen atoms in total. The van der Waals surface area contributed by atoms with Crippen molar-refractivity contribution in [2.24, 2.45) is 7.05 Å². The van der Waals surface area contributed by atoms with Crippen molar-refractivity contribution in [2.45, 2.75) is 13.1 Å². The number of ether oxygens (including phenoxy) is 1. The predicted molar refractivity (Wildman–Crippen MR) is 117 cm³/mol. The Morgan fingerprint density at radius 3 is 2.47 bits per heavy atom. The maximum absolute atomic E-state index is 13.4. The lowest BCUT2D eigenvalue weighted by Crippen LogP contribution is -2.23. The summed E-state index contributed by atoms with van der Waals surface area (Å²) >= 11 is 0. The largest absolute Gasteiger partial charge is 0.462 e. The number of hydrogen-bond acceptors (Lipinski definition) is 6. The lowest BCUT2D eigenvalue weighted by Gasteiger charge is -2.13. The van der Waals surface area contributed by atoms with Gasteiger partial charge in [0.1, 0.15) is 12.0 Å². The number of carbonyl (C=O) groups is 1. The molecule has 0 bridgehead atoms. The van der Waals surface area contributed by atoms with Crippen LogP contribution in [-0.2, 0) is 18.0 Å². The molecule has 0 saturated heterocycles. The Morgan fingerprint density at radius 2 is 1.82 bits per heavy atom. The number of esters is 1. The molecular formula is C22H19F3N6O3. The van der Waals surface area contributed by atoms with Crippen LogP contribution in [0.1, 0.15) is 22.8 Å². The molecule has 0 aliphatic carbocycles. The number of aromatic nitrogens is 5. The minimum atomic E-state index is -4.62. The molecule has 4 rings (SSSR count). The van der Waals surface area contributed by atoms with E-state index in [9.17, 15) is 22.8 Å². The van der Waals surface area contributed by atoms with E-state index in [0.29, 0.717) is 11.4 Å². The summed E-state index contributed by atoms with van der Waals surface area (Å²) in [6.45, 7) is 1.56. The summed E-state index contributed by atoms with van der Waals surface area (Å²) in [4.78, 5) is 30.4. The first-order chi connectivity index (χ1) is 16.1. The van der Waals surface area contributed by atoms with Gasteiger partial charge in [-0.3, -0.25) is 9.48 Å². The van der Waals surface area contributed by atoms with E-state index >= 15 is 0 Å². The van der Waals surface area contributed by atoms with Crippen LogP contribution in [0.15, 0.2) is 59.7 Å². The molecule has 0 amide bonds. The summed E-state index contributed by atoms with van der Waals surface area (Å²) in [5.41, 5.74) is 4.55. The Kier molecular flexibility index (Phi) is 5.73. The second-order valence-electron chi connectivity index (χ2n) is 7.22. The van der Waals surface area contributed by atoms with Crippen molar-refractivity contribution < 1.29 is 22.7 Å². The number of nitrogen functional groups attached to an aromatic ring is 1. The van der Waals surface area contributed by atoms with E-state index in [-0.39, 0.29) is 29.4 Å². The van der Waals surface area contributed by atoms with Gasteiger partial charge in [-0.2, -0.15) is 18.3 Å². The SMILES string of the molecule is CCOC(=O)c1c(-c2ncnn2-c2ccc(N)cc2)n(C)n(-c2cccc(C(F)(F)F)c2)c1=O. The highest BCUT2D eigenvalue weighted by molar-refractivity contribution is 5.95. The number of carbonyl (C=O) groups excluding carboxylic acids is 1. The van der Waals surface area contributed by atoms with Crippen LogP contribution >= 0.6 is 0 Å². The first kappa shape index (κ1) is 22.8. The molecule has 2 aromatic carbocycles. The molecule has 2 heterocycles. The van der Waals surface area contributed by atoms with Gasteiger partial charge in [0.2, 0.25) is 0 Å². The Labute approximate surface area is 190 Å². The highest BCUT2D eigenvalue weighted by atomic mass is 19.4. The third kappa shape index (κ3) is 3.93. The first-order valence-electron chi connectivity index (χ1n) is 10.1. The minimum absolute atomic E-state index is 0.0131. The van der Waals surface area contributed by atoms with Crippen molar-refractivity contribution in [3.05, 3.63) is 76.3 Å². The number of rotatable bonds is 5. The third-order valence-corrected chi connectivity index (χ3v) is 5.06. The molecule has 2 N–H and O–H groups in total. The van der Waals surface area contributed by atoms with Gasteiger partial charge in [0.05, 0.1) is 23.5 Å². The third-order valence-electron chi connectivity index (χ3n) is 5.06. The summed E-state index contributed by atoms with van der Waals surface area (Å²) in [7, 11) is 1.43. The Bertz CT molecular complexity index is 1420. The number of anilines is 1. The molecular weight excluding hydrogens is 453 g/mol. The highest BCUT2D eigenvalue weighted by Crippen LogP contribution is 2.31. The lowest BCUT2D eigenvalue weighted by molar-refractivity contribution is -0.137. The van der Waals surface area contributed by atoms with E-state index < -0.39 is 23.3 Å². The number of benzene rings is 2. The zero-order valence-electron chi connectivity index (χ0n) is 18.1. The second kappa shape index (κ2) is 8.54. The van der Waals surface area contributed by atoms with Gasteiger partial charge in [-0.25, -0.2) is 19.1 Å². The van der Waals surface area contributed by atoms with E-state index in [2.05, 4.69) is 10.1 Å². The monoisotopic (exact) mass is 472 g/mol. The molecule has 176 valence electrons. The number of nitrogens with zero attached hydrogens (tertiary/aromatic N) is 5. The zero-order chi connectivity index (χ0) is 24.6. The molecule has 4 aromatic rings. The van der Waals surface area contributed by atoms with Crippen molar-refractivity contribution in [1.82, 2.24) is 24.1 Å². The lowest BCUT2D eigenvalue weighted by atomic mass is 10.2. The highest BCUT2D eigenvalue weighted by Gasteiger charge is 2.33. The first-order valence-corrected chi connectivity index (χ1v) is 10.1. The Hall–Kier alpha value is -4.35. The summed E-state index contributed by atoms with van der Waals surface area (Å²) < 4.78 is 48.5. The number of alkyl halides is 3. The molecule has 0 atom stereocenters. The average molecular weight is 472 g/mol. The molecule has 0 aliphatic rings. The molecule has 0 radical (unpaired) electrons.